The van der Waals surface area contributed by atoms with E-state index in [2.05, 4.69) is 26.7 Å². The quantitative estimate of drug-likeness (QED) is 0.601. The molecule has 4 rings (SSSR count). The first kappa shape index (κ1) is 16.0. The van der Waals surface area contributed by atoms with Crippen molar-refractivity contribution >= 4 is 5.65 Å². The number of hydrogen-bond acceptors (Lipinski definition) is 5. The Kier molecular flexibility index (Phi) is 4.17. The Morgan fingerprint density at radius 3 is 2.73 bits per heavy atom. The molecule has 1 N–H and O–H groups in total. The number of rotatable bonds is 5. The molecule has 4 aromatic rings. The van der Waals surface area contributed by atoms with Gasteiger partial charge in [-0.15, -0.1) is 10.2 Å². The zero-order valence-electron chi connectivity index (χ0n) is 14.3. The first-order valence-electron chi connectivity index (χ1n) is 8.27. The van der Waals surface area contributed by atoms with Gasteiger partial charge < -0.3 is 5.32 Å². The molecule has 0 aliphatic heterocycles. The summed E-state index contributed by atoms with van der Waals surface area (Å²) in [5, 5.41) is 25.3. The molecule has 3 heterocycles. The Morgan fingerprint density at radius 2 is 1.92 bits per heavy atom. The molecular weight excluding hydrogens is 326 g/mol. The van der Waals surface area contributed by atoms with Gasteiger partial charge >= 0.3 is 0 Å². The van der Waals surface area contributed by atoms with Gasteiger partial charge in [-0.25, -0.2) is 0 Å². The lowest BCUT2D eigenvalue weighted by Gasteiger charge is -2.05. The molecule has 0 atom stereocenters. The van der Waals surface area contributed by atoms with E-state index in [0.29, 0.717) is 18.7 Å². The maximum atomic E-state index is 8.95. The average molecular weight is 343 g/mol. The van der Waals surface area contributed by atoms with E-state index < -0.39 is 0 Å². The van der Waals surface area contributed by atoms with Gasteiger partial charge in [-0.2, -0.15) is 10.4 Å². The smallest absolute Gasteiger partial charge is 0.160 e. The van der Waals surface area contributed by atoms with E-state index in [1.165, 1.54) is 0 Å². The highest BCUT2D eigenvalue weighted by molar-refractivity contribution is 5.63. The van der Waals surface area contributed by atoms with Crippen LogP contribution in [0.5, 0.6) is 0 Å². The fraction of sp³-hybridized carbons (Fsp3) is 0.158. The van der Waals surface area contributed by atoms with Gasteiger partial charge in [-0.1, -0.05) is 18.2 Å². The SMILES string of the molecule is Cn1cc(CNCc2nnc3ccccn23)c(-c2ccc(C#N)cc2)n1. The van der Waals surface area contributed by atoms with Crippen LogP contribution in [0.2, 0.25) is 0 Å². The van der Waals surface area contributed by atoms with Crippen molar-refractivity contribution in [3.05, 3.63) is 71.8 Å². The topological polar surface area (TPSA) is 83.8 Å². The van der Waals surface area contributed by atoms with Gasteiger partial charge in [-0.3, -0.25) is 9.08 Å². The highest BCUT2D eigenvalue weighted by Gasteiger charge is 2.11. The van der Waals surface area contributed by atoms with Crippen LogP contribution in [-0.2, 0) is 20.1 Å². The number of pyridine rings is 1. The van der Waals surface area contributed by atoms with E-state index in [-0.39, 0.29) is 0 Å². The Hall–Kier alpha value is -3.50. The molecule has 3 aromatic heterocycles. The number of fused-ring (bicyclic) bond motifs is 1. The Labute approximate surface area is 150 Å². The maximum absolute atomic E-state index is 8.95. The van der Waals surface area contributed by atoms with Crippen LogP contribution in [-0.4, -0.2) is 24.4 Å². The molecule has 0 spiro atoms. The molecule has 26 heavy (non-hydrogen) atoms. The summed E-state index contributed by atoms with van der Waals surface area (Å²) in [6.07, 6.45) is 3.96. The van der Waals surface area contributed by atoms with Crippen LogP contribution in [0.1, 0.15) is 17.0 Å². The minimum Gasteiger partial charge on any atom is -0.306 e. The summed E-state index contributed by atoms with van der Waals surface area (Å²) < 4.78 is 3.77. The predicted octanol–water partition coefficient (Wildman–Crippen LogP) is 2.29. The fourth-order valence-electron chi connectivity index (χ4n) is 2.93. The second-order valence-corrected chi connectivity index (χ2v) is 6.01. The van der Waals surface area contributed by atoms with Crippen molar-refractivity contribution in [1.82, 2.24) is 29.7 Å². The molecule has 0 bridgehead atoms. The molecule has 0 aliphatic rings. The van der Waals surface area contributed by atoms with Gasteiger partial charge in [0.2, 0.25) is 0 Å². The standard InChI is InChI=1S/C19H17N7/c1-25-13-16(19(24-25)15-7-5-14(10-20)6-8-15)11-21-12-18-23-22-17-4-2-3-9-26(17)18/h2-9,13,21H,11-12H2,1H3. The summed E-state index contributed by atoms with van der Waals surface area (Å²) in [4.78, 5) is 0. The third-order valence-corrected chi connectivity index (χ3v) is 4.17. The lowest BCUT2D eigenvalue weighted by atomic mass is 10.1. The molecule has 0 saturated carbocycles. The highest BCUT2D eigenvalue weighted by Crippen LogP contribution is 2.22. The molecule has 7 heteroatoms. The second kappa shape index (κ2) is 6.78. The van der Waals surface area contributed by atoms with E-state index in [4.69, 9.17) is 5.26 Å². The van der Waals surface area contributed by atoms with Gasteiger partial charge in [-0.05, 0) is 24.3 Å². The van der Waals surface area contributed by atoms with E-state index in [9.17, 15) is 0 Å². The van der Waals surface area contributed by atoms with Crippen LogP contribution in [0, 0.1) is 11.3 Å². The largest absolute Gasteiger partial charge is 0.306 e. The molecular formula is C19H17N7. The number of nitrogens with zero attached hydrogens (tertiary/aromatic N) is 6. The molecule has 0 saturated heterocycles. The van der Waals surface area contributed by atoms with E-state index >= 15 is 0 Å². The van der Waals surface area contributed by atoms with Gasteiger partial charge in [0, 0.05) is 37.1 Å². The summed E-state index contributed by atoms with van der Waals surface area (Å²) in [6, 6.07) is 15.4. The van der Waals surface area contributed by atoms with Crippen molar-refractivity contribution in [2.24, 2.45) is 7.05 Å². The lowest BCUT2D eigenvalue weighted by Crippen LogP contribution is -2.15. The highest BCUT2D eigenvalue weighted by atomic mass is 15.3. The summed E-state index contributed by atoms with van der Waals surface area (Å²) in [7, 11) is 1.91. The first-order valence-corrected chi connectivity index (χ1v) is 8.27. The van der Waals surface area contributed by atoms with Crippen LogP contribution < -0.4 is 5.32 Å². The molecule has 0 aliphatic carbocycles. The van der Waals surface area contributed by atoms with Crippen LogP contribution in [0.3, 0.4) is 0 Å². The van der Waals surface area contributed by atoms with Crippen molar-refractivity contribution in [3.63, 3.8) is 0 Å². The molecule has 128 valence electrons. The normalized spacial score (nSPS) is 10.9. The predicted molar refractivity (Wildman–Crippen MR) is 96.9 cm³/mol. The molecule has 7 nitrogen and oxygen atoms in total. The number of aryl methyl sites for hydroxylation is 1. The lowest BCUT2D eigenvalue weighted by molar-refractivity contribution is 0.656. The number of benzene rings is 1. The number of hydrogen-bond donors (Lipinski definition) is 1. The zero-order valence-corrected chi connectivity index (χ0v) is 14.3. The first-order chi connectivity index (χ1) is 12.7. The van der Waals surface area contributed by atoms with Crippen LogP contribution in [0.4, 0.5) is 0 Å². The molecule has 1 aromatic carbocycles. The summed E-state index contributed by atoms with van der Waals surface area (Å²) in [5.74, 6) is 0.865. The van der Waals surface area contributed by atoms with Crippen molar-refractivity contribution in [2.75, 3.05) is 0 Å². The average Bonchev–Trinajstić information content (AvgIpc) is 3.25. The van der Waals surface area contributed by atoms with Gasteiger partial charge in [0.25, 0.3) is 0 Å². The van der Waals surface area contributed by atoms with E-state index in [1.807, 2.05) is 66.3 Å². The minimum absolute atomic E-state index is 0.604. The Bertz CT molecular complexity index is 1080. The van der Waals surface area contributed by atoms with Crippen molar-refractivity contribution < 1.29 is 0 Å². The van der Waals surface area contributed by atoms with E-state index in [0.717, 1.165) is 28.3 Å². The summed E-state index contributed by atoms with van der Waals surface area (Å²) in [6.45, 7) is 1.26. The molecule has 0 radical (unpaired) electrons. The summed E-state index contributed by atoms with van der Waals surface area (Å²) >= 11 is 0. The van der Waals surface area contributed by atoms with Gasteiger partial charge in [0.15, 0.2) is 11.5 Å². The number of nitrogens with one attached hydrogen (secondary N) is 1. The number of aromatic nitrogens is 5. The van der Waals surface area contributed by atoms with Crippen LogP contribution in [0.15, 0.2) is 54.9 Å². The van der Waals surface area contributed by atoms with Gasteiger partial charge in [0.1, 0.15) is 0 Å². The third kappa shape index (κ3) is 3.06. The van der Waals surface area contributed by atoms with Crippen LogP contribution >= 0.6 is 0 Å². The molecule has 0 unspecified atom stereocenters. The molecule has 0 fully saturated rings. The second-order valence-electron chi connectivity index (χ2n) is 6.01. The fourth-order valence-corrected chi connectivity index (χ4v) is 2.93. The molecule has 0 amide bonds. The Balaban J connectivity index is 1.51. The van der Waals surface area contributed by atoms with Crippen molar-refractivity contribution in [3.8, 4) is 17.3 Å². The van der Waals surface area contributed by atoms with Gasteiger partial charge in [0.05, 0.1) is 23.9 Å². The monoisotopic (exact) mass is 343 g/mol. The third-order valence-electron chi connectivity index (χ3n) is 4.17. The van der Waals surface area contributed by atoms with Crippen LogP contribution in [0.25, 0.3) is 16.9 Å². The number of nitriles is 1. The van der Waals surface area contributed by atoms with Crippen molar-refractivity contribution in [1.29, 1.82) is 5.26 Å². The maximum Gasteiger partial charge on any atom is 0.160 e. The van der Waals surface area contributed by atoms with E-state index in [1.54, 1.807) is 4.68 Å². The van der Waals surface area contributed by atoms with Crippen molar-refractivity contribution in [2.45, 2.75) is 13.1 Å². The zero-order chi connectivity index (χ0) is 17.9. The summed E-state index contributed by atoms with van der Waals surface area (Å²) in [5.41, 5.74) is 4.47. The minimum atomic E-state index is 0.604. The Morgan fingerprint density at radius 1 is 1.08 bits per heavy atom.